The molecule has 0 saturated carbocycles. The van der Waals surface area contributed by atoms with Gasteiger partial charge in [-0.2, -0.15) is 0 Å². The van der Waals surface area contributed by atoms with E-state index in [1.165, 1.54) is 11.8 Å². The lowest BCUT2D eigenvalue weighted by Gasteiger charge is -2.14. The van der Waals surface area contributed by atoms with Gasteiger partial charge in [0, 0.05) is 0 Å². The molecule has 0 radical (unpaired) electrons. The lowest BCUT2D eigenvalue weighted by atomic mass is 10.1. The van der Waals surface area contributed by atoms with E-state index < -0.39 is 0 Å². The number of carbonyl (C=O) groups is 1. The first-order valence-electron chi connectivity index (χ1n) is 10.1. The number of carbonyl (C=O) groups excluding carboxylic acids is 1. The Kier molecular flexibility index (Phi) is 7.89. The Morgan fingerprint density at radius 2 is 1.67 bits per heavy atom. The molecule has 8 heteroatoms. The highest BCUT2D eigenvalue weighted by Crippen LogP contribution is 2.38. The number of thiocarbonyl (C=S) groups is 1. The lowest BCUT2D eigenvalue weighted by molar-refractivity contribution is -0.113. The lowest BCUT2D eigenvalue weighted by Crippen LogP contribution is -2.27. The number of benzene rings is 3. The third kappa shape index (κ3) is 5.69. The van der Waals surface area contributed by atoms with E-state index in [-0.39, 0.29) is 5.91 Å². The second-order valence-corrected chi connectivity index (χ2v) is 9.73. The summed E-state index contributed by atoms with van der Waals surface area (Å²) in [7, 11) is 1.59. The first-order valence-corrected chi connectivity index (χ1v) is 12.4. The summed E-state index contributed by atoms with van der Waals surface area (Å²) in [6, 6.07) is 22.8. The quantitative estimate of drug-likeness (QED) is 0.136. The zero-order chi connectivity index (χ0) is 23.2. The van der Waals surface area contributed by atoms with Gasteiger partial charge in [0.05, 0.1) is 21.3 Å². The number of hydrogen-bond donors (Lipinski definition) is 0. The predicted molar refractivity (Wildman–Crippen MR) is 145 cm³/mol. The minimum Gasteiger partial charge on any atom is -0.493 e. The second kappa shape index (κ2) is 11.0. The number of anilines is 1. The van der Waals surface area contributed by atoms with Crippen LogP contribution in [0.15, 0.2) is 77.7 Å². The van der Waals surface area contributed by atoms with Crippen LogP contribution in [0.5, 0.6) is 17.2 Å². The molecule has 1 amide bonds. The molecule has 3 aromatic rings. The summed E-state index contributed by atoms with van der Waals surface area (Å²) in [6.45, 7) is 0.781. The molecular weight excluding hydrogens is 569 g/mol. The molecule has 0 aliphatic carbocycles. The van der Waals surface area contributed by atoms with E-state index in [2.05, 4.69) is 22.6 Å². The molecule has 168 valence electrons. The van der Waals surface area contributed by atoms with Crippen molar-refractivity contribution in [3.63, 3.8) is 0 Å². The average molecular weight is 589 g/mol. The van der Waals surface area contributed by atoms with Crippen molar-refractivity contribution in [2.24, 2.45) is 0 Å². The first-order chi connectivity index (χ1) is 16.1. The fourth-order valence-electron chi connectivity index (χ4n) is 3.20. The number of thioether (sulfide) groups is 1. The molecule has 5 nitrogen and oxygen atoms in total. The van der Waals surface area contributed by atoms with Crippen LogP contribution < -0.4 is 19.1 Å². The zero-order valence-corrected chi connectivity index (χ0v) is 21.5. The van der Waals surface area contributed by atoms with E-state index in [9.17, 15) is 4.79 Å². The molecule has 4 rings (SSSR count). The molecule has 0 spiro atoms. The van der Waals surface area contributed by atoms with Crippen LogP contribution in [-0.4, -0.2) is 30.6 Å². The monoisotopic (exact) mass is 589 g/mol. The normalized spacial score (nSPS) is 14.6. The van der Waals surface area contributed by atoms with Crippen molar-refractivity contribution in [3.05, 3.63) is 86.8 Å². The van der Waals surface area contributed by atoms with Crippen LogP contribution >= 0.6 is 46.6 Å². The van der Waals surface area contributed by atoms with Gasteiger partial charge in [0.25, 0.3) is 5.91 Å². The van der Waals surface area contributed by atoms with E-state index in [1.807, 2.05) is 78.9 Å². The predicted octanol–water partition coefficient (Wildman–Crippen LogP) is 6.16. The van der Waals surface area contributed by atoms with Gasteiger partial charge in [-0.25, -0.2) is 0 Å². The van der Waals surface area contributed by atoms with Gasteiger partial charge in [0.15, 0.2) is 15.8 Å². The largest absolute Gasteiger partial charge is 0.493 e. The zero-order valence-electron chi connectivity index (χ0n) is 17.7. The summed E-state index contributed by atoms with van der Waals surface area (Å²) in [5, 5.41) is 0. The Balaban J connectivity index is 1.48. The first kappa shape index (κ1) is 23.6. The molecule has 3 aromatic carbocycles. The van der Waals surface area contributed by atoms with Crippen molar-refractivity contribution in [1.82, 2.24) is 0 Å². The molecule has 0 N–H and O–H groups in total. The molecule has 1 fully saturated rings. The van der Waals surface area contributed by atoms with Crippen LogP contribution in [0.3, 0.4) is 0 Å². The summed E-state index contributed by atoms with van der Waals surface area (Å²) in [5.74, 6) is 1.89. The molecular formula is C25H20INO4S2. The van der Waals surface area contributed by atoms with Crippen molar-refractivity contribution in [2.45, 2.75) is 0 Å². The Hall–Kier alpha value is -2.56. The van der Waals surface area contributed by atoms with Crippen LogP contribution in [0.1, 0.15) is 5.56 Å². The number of amides is 1. The van der Waals surface area contributed by atoms with E-state index in [0.717, 1.165) is 20.6 Å². The van der Waals surface area contributed by atoms with Gasteiger partial charge in [0.1, 0.15) is 19.0 Å². The van der Waals surface area contributed by atoms with E-state index in [4.69, 9.17) is 26.4 Å². The summed E-state index contributed by atoms with van der Waals surface area (Å²) >= 11 is 8.94. The number of rotatable bonds is 8. The number of halogens is 1. The molecule has 1 aliphatic rings. The average Bonchev–Trinajstić information content (AvgIpc) is 3.11. The van der Waals surface area contributed by atoms with E-state index >= 15 is 0 Å². The molecule has 1 heterocycles. The van der Waals surface area contributed by atoms with Crippen molar-refractivity contribution in [3.8, 4) is 17.2 Å². The highest BCUT2D eigenvalue weighted by atomic mass is 127. The van der Waals surface area contributed by atoms with Gasteiger partial charge in [-0.05, 0) is 70.6 Å². The number of methoxy groups -OCH3 is 1. The molecule has 0 aromatic heterocycles. The van der Waals surface area contributed by atoms with Crippen LogP contribution in [0.25, 0.3) is 6.08 Å². The fourth-order valence-corrected chi connectivity index (χ4v) is 5.28. The summed E-state index contributed by atoms with van der Waals surface area (Å²) in [4.78, 5) is 15.1. The molecule has 33 heavy (non-hydrogen) atoms. The van der Waals surface area contributed by atoms with E-state index in [0.29, 0.717) is 33.9 Å². The Morgan fingerprint density at radius 3 is 2.36 bits per heavy atom. The number of nitrogens with zero attached hydrogens (tertiary/aromatic N) is 1. The minimum absolute atomic E-state index is 0.136. The van der Waals surface area contributed by atoms with Gasteiger partial charge >= 0.3 is 0 Å². The van der Waals surface area contributed by atoms with Crippen LogP contribution in [0.2, 0.25) is 0 Å². The van der Waals surface area contributed by atoms with E-state index in [1.54, 1.807) is 12.0 Å². The smallest absolute Gasteiger partial charge is 0.270 e. The highest BCUT2D eigenvalue weighted by Gasteiger charge is 2.33. The minimum atomic E-state index is -0.136. The topological polar surface area (TPSA) is 48.0 Å². The highest BCUT2D eigenvalue weighted by molar-refractivity contribution is 14.1. The van der Waals surface area contributed by atoms with Gasteiger partial charge < -0.3 is 14.2 Å². The van der Waals surface area contributed by atoms with Gasteiger partial charge in [0.2, 0.25) is 0 Å². The molecule has 1 aliphatic heterocycles. The third-order valence-corrected chi connectivity index (χ3v) is 6.80. The second-order valence-electron chi connectivity index (χ2n) is 6.90. The maximum atomic E-state index is 13.0. The van der Waals surface area contributed by atoms with Crippen molar-refractivity contribution < 1.29 is 19.0 Å². The Bertz CT molecular complexity index is 1190. The van der Waals surface area contributed by atoms with Gasteiger partial charge in [-0.1, -0.05) is 60.4 Å². The molecule has 0 bridgehead atoms. The Morgan fingerprint density at radius 1 is 1.00 bits per heavy atom. The standard InChI is InChI=1S/C25H20INO4S2/c1-29-21-15-17(14-20(26)23(21)31-13-12-30-19-10-6-3-7-11-19)16-22-24(28)27(25(32)33-22)18-8-4-2-5-9-18/h2-11,14-16H,12-13H2,1H3/b22-16-. The number of para-hydroxylation sites is 2. The molecule has 1 saturated heterocycles. The summed E-state index contributed by atoms with van der Waals surface area (Å²) < 4.78 is 18.6. The number of hydrogen-bond acceptors (Lipinski definition) is 6. The maximum absolute atomic E-state index is 13.0. The third-order valence-electron chi connectivity index (χ3n) is 4.70. The SMILES string of the molecule is COc1cc(/C=C2\SC(=S)N(c3ccccc3)C2=O)cc(I)c1OCCOc1ccccc1. The Labute approximate surface area is 215 Å². The van der Waals surface area contributed by atoms with Crippen molar-refractivity contribution in [1.29, 1.82) is 0 Å². The fraction of sp³-hybridized carbons (Fsp3) is 0.120. The van der Waals surface area contributed by atoms with Crippen LogP contribution in [0.4, 0.5) is 5.69 Å². The molecule has 0 unspecified atom stereocenters. The van der Waals surface area contributed by atoms with Crippen LogP contribution in [-0.2, 0) is 4.79 Å². The van der Waals surface area contributed by atoms with Crippen LogP contribution in [0, 0.1) is 3.57 Å². The van der Waals surface area contributed by atoms with Crippen molar-refractivity contribution >= 4 is 68.6 Å². The van der Waals surface area contributed by atoms with Gasteiger partial charge in [-0.3, -0.25) is 9.69 Å². The van der Waals surface area contributed by atoms with Crippen molar-refractivity contribution in [2.75, 3.05) is 25.2 Å². The number of ether oxygens (including phenoxy) is 3. The summed E-state index contributed by atoms with van der Waals surface area (Å²) in [6.07, 6.45) is 1.83. The molecule has 0 atom stereocenters. The maximum Gasteiger partial charge on any atom is 0.270 e. The van der Waals surface area contributed by atoms with Gasteiger partial charge in [-0.15, -0.1) is 0 Å². The summed E-state index contributed by atoms with van der Waals surface area (Å²) in [5.41, 5.74) is 1.59.